The second-order valence-corrected chi connectivity index (χ2v) is 7.54. The van der Waals surface area contributed by atoms with Crippen molar-refractivity contribution in [2.24, 2.45) is 0 Å². The first-order valence-electron chi connectivity index (χ1n) is 9.02. The molecule has 5 heteroatoms. The fourth-order valence-electron chi connectivity index (χ4n) is 3.53. The van der Waals surface area contributed by atoms with Crippen LogP contribution >= 0.6 is 11.3 Å². The van der Waals surface area contributed by atoms with Crippen LogP contribution < -0.4 is 0 Å². The summed E-state index contributed by atoms with van der Waals surface area (Å²) < 4.78 is 5.42. The first-order valence-corrected chi connectivity index (χ1v) is 9.90. The molecule has 3 heterocycles. The van der Waals surface area contributed by atoms with Gasteiger partial charge in [-0.2, -0.15) is 4.98 Å². The van der Waals surface area contributed by atoms with Crippen molar-refractivity contribution in [2.75, 3.05) is 6.54 Å². The Balaban J connectivity index is 1.58. The molecule has 0 saturated heterocycles. The molecule has 25 heavy (non-hydrogen) atoms. The largest absolute Gasteiger partial charge is 0.339 e. The quantitative estimate of drug-likeness (QED) is 0.648. The number of hydrogen-bond acceptors (Lipinski definition) is 5. The number of unbranched alkanes of at least 4 members (excludes halogenated alkanes) is 1. The summed E-state index contributed by atoms with van der Waals surface area (Å²) in [5.41, 5.74) is 2.76. The molecule has 1 unspecified atom stereocenters. The van der Waals surface area contributed by atoms with E-state index in [-0.39, 0.29) is 6.04 Å². The Morgan fingerprint density at radius 1 is 1.24 bits per heavy atom. The Labute approximate surface area is 152 Å². The van der Waals surface area contributed by atoms with Gasteiger partial charge in [0.15, 0.2) is 5.82 Å². The van der Waals surface area contributed by atoms with Crippen molar-refractivity contribution >= 4 is 11.3 Å². The van der Waals surface area contributed by atoms with Crippen molar-refractivity contribution in [1.82, 2.24) is 15.0 Å². The number of fused-ring (bicyclic) bond motifs is 1. The zero-order valence-corrected chi connectivity index (χ0v) is 15.3. The number of thiophene rings is 1. The van der Waals surface area contributed by atoms with Crippen molar-refractivity contribution in [1.29, 1.82) is 0 Å². The maximum atomic E-state index is 5.42. The van der Waals surface area contributed by atoms with Gasteiger partial charge in [0.25, 0.3) is 0 Å². The lowest BCUT2D eigenvalue weighted by molar-refractivity contribution is 0.198. The van der Waals surface area contributed by atoms with Gasteiger partial charge in [-0.15, -0.1) is 11.3 Å². The van der Waals surface area contributed by atoms with Gasteiger partial charge in [-0.1, -0.05) is 48.8 Å². The van der Waals surface area contributed by atoms with E-state index in [0.717, 1.165) is 50.5 Å². The molecule has 0 aliphatic carbocycles. The van der Waals surface area contributed by atoms with E-state index in [0.29, 0.717) is 0 Å². The molecule has 0 bridgehead atoms. The van der Waals surface area contributed by atoms with Gasteiger partial charge in [-0.3, -0.25) is 4.90 Å². The van der Waals surface area contributed by atoms with Gasteiger partial charge in [-0.05, 0) is 35.4 Å². The van der Waals surface area contributed by atoms with Crippen LogP contribution in [-0.2, 0) is 19.4 Å². The van der Waals surface area contributed by atoms with Crippen molar-refractivity contribution in [2.45, 2.75) is 45.2 Å². The van der Waals surface area contributed by atoms with E-state index in [9.17, 15) is 0 Å². The highest BCUT2D eigenvalue weighted by Crippen LogP contribution is 2.38. The van der Waals surface area contributed by atoms with Crippen LogP contribution in [0.1, 0.15) is 53.5 Å². The first-order chi connectivity index (χ1) is 12.3. The lowest BCUT2D eigenvalue weighted by Gasteiger charge is -2.35. The van der Waals surface area contributed by atoms with Crippen LogP contribution in [0.25, 0.3) is 0 Å². The summed E-state index contributed by atoms with van der Waals surface area (Å²) in [7, 11) is 0. The van der Waals surface area contributed by atoms with Gasteiger partial charge < -0.3 is 4.52 Å². The molecule has 0 saturated carbocycles. The summed E-state index contributed by atoms with van der Waals surface area (Å²) in [6, 6.07) is 13.3. The molecule has 0 radical (unpaired) electrons. The molecule has 0 fully saturated rings. The smallest absolute Gasteiger partial charge is 0.226 e. The minimum absolute atomic E-state index is 0.272. The monoisotopic (exact) mass is 353 g/mol. The molecule has 1 atom stereocenters. The SMILES string of the molecule is CCCCc1nc(CN2CCc3sccc3C2c2ccccc2)no1. The predicted octanol–water partition coefficient (Wildman–Crippen LogP) is 4.62. The minimum atomic E-state index is 0.272. The summed E-state index contributed by atoms with van der Waals surface area (Å²) in [6.07, 6.45) is 4.20. The van der Waals surface area contributed by atoms with Gasteiger partial charge >= 0.3 is 0 Å². The van der Waals surface area contributed by atoms with Crippen LogP contribution in [0, 0.1) is 0 Å². The Hall–Kier alpha value is -1.98. The van der Waals surface area contributed by atoms with Gasteiger partial charge in [-0.25, -0.2) is 0 Å². The Morgan fingerprint density at radius 3 is 2.96 bits per heavy atom. The second kappa shape index (κ2) is 7.50. The standard InChI is InChI=1S/C20H23N3OS/c1-2-3-9-19-21-18(22-24-19)14-23-12-10-17-16(11-13-25-17)20(23)15-7-5-4-6-8-15/h4-8,11,13,20H,2-3,9-10,12,14H2,1H3. The van der Waals surface area contributed by atoms with Crippen molar-refractivity contribution in [3.8, 4) is 0 Å². The molecule has 0 N–H and O–H groups in total. The first kappa shape index (κ1) is 16.5. The zero-order valence-electron chi connectivity index (χ0n) is 14.5. The zero-order chi connectivity index (χ0) is 17.1. The average Bonchev–Trinajstić information content (AvgIpc) is 3.29. The Morgan fingerprint density at radius 2 is 2.12 bits per heavy atom. The normalized spacial score (nSPS) is 17.6. The molecule has 1 aromatic carbocycles. The molecule has 130 valence electrons. The third kappa shape index (κ3) is 3.53. The van der Waals surface area contributed by atoms with Gasteiger partial charge in [0.1, 0.15) is 0 Å². The summed E-state index contributed by atoms with van der Waals surface area (Å²) >= 11 is 1.87. The van der Waals surface area contributed by atoms with Crippen molar-refractivity contribution in [3.63, 3.8) is 0 Å². The highest BCUT2D eigenvalue weighted by Gasteiger charge is 2.30. The molecule has 2 aromatic heterocycles. The lowest BCUT2D eigenvalue weighted by Crippen LogP contribution is -2.35. The van der Waals surface area contributed by atoms with E-state index in [2.05, 4.69) is 63.7 Å². The fraction of sp³-hybridized carbons (Fsp3) is 0.400. The third-order valence-electron chi connectivity index (χ3n) is 4.78. The van der Waals surface area contributed by atoms with E-state index >= 15 is 0 Å². The molecule has 4 rings (SSSR count). The predicted molar refractivity (Wildman–Crippen MR) is 99.6 cm³/mol. The van der Waals surface area contributed by atoms with E-state index in [1.54, 1.807) is 0 Å². The minimum Gasteiger partial charge on any atom is -0.339 e. The van der Waals surface area contributed by atoms with E-state index < -0.39 is 0 Å². The van der Waals surface area contributed by atoms with Crippen LogP contribution in [0.3, 0.4) is 0 Å². The van der Waals surface area contributed by atoms with E-state index in [4.69, 9.17) is 4.52 Å². The number of aryl methyl sites for hydroxylation is 1. The van der Waals surface area contributed by atoms with Gasteiger partial charge in [0, 0.05) is 17.8 Å². The molecule has 0 amide bonds. The van der Waals surface area contributed by atoms with Crippen LogP contribution in [-0.4, -0.2) is 21.6 Å². The van der Waals surface area contributed by atoms with E-state index in [1.165, 1.54) is 16.0 Å². The van der Waals surface area contributed by atoms with Gasteiger partial charge in [0.05, 0.1) is 12.6 Å². The summed E-state index contributed by atoms with van der Waals surface area (Å²) in [5.74, 6) is 1.56. The number of hydrogen-bond donors (Lipinski definition) is 0. The number of benzene rings is 1. The topological polar surface area (TPSA) is 42.2 Å². The molecular formula is C20H23N3OS. The molecule has 0 spiro atoms. The molecule has 3 aromatic rings. The Bertz CT molecular complexity index is 811. The third-order valence-corrected chi connectivity index (χ3v) is 5.78. The number of nitrogens with zero attached hydrogens (tertiary/aromatic N) is 3. The van der Waals surface area contributed by atoms with Crippen LogP contribution in [0.15, 0.2) is 46.3 Å². The van der Waals surface area contributed by atoms with Crippen LogP contribution in [0.4, 0.5) is 0 Å². The summed E-state index contributed by atoms with van der Waals surface area (Å²) in [4.78, 5) is 8.57. The average molecular weight is 353 g/mol. The lowest BCUT2D eigenvalue weighted by atomic mass is 9.93. The second-order valence-electron chi connectivity index (χ2n) is 6.54. The highest BCUT2D eigenvalue weighted by molar-refractivity contribution is 7.10. The molecule has 1 aliphatic heterocycles. The number of rotatable bonds is 6. The van der Waals surface area contributed by atoms with Crippen LogP contribution in [0.5, 0.6) is 0 Å². The fourth-order valence-corrected chi connectivity index (χ4v) is 4.43. The molecule has 4 nitrogen and oxygen atoms in total. The maximum absolute atomic E-state index is 5.42. The summed E-state index contributed by atoms with van der Waals surface area (Å²) in [5, 5.41) is 6.42. The summed E-state index contributed by atoms with van der Waals surface area (Å²) in [6.45, 7) is 3.92. The molecule has 1 aliphatic rings. The highest BCUT2D eigenvalue weighted by atomic mass is 32.1. The van der Waals surface area contributed by atoms with Crippen molar-refractivity contribution < 1.29 is 4.52 Å². The molecular weight excluding hydrogens is 330 g/mol. The van der Waals surface area contributed by atoms with Crippen LogP contribution in [0.2, 0.25) is 0 Å². The maximum Gasteiger partial charge on any atom is 0.226 e. The van der Waals surface area contributed by atoms with E-state index in [1.807, 2.05) is 11.3 Å². The Kier molecular flexibility index (Phi) is 4.95. The van der Waals surface area contributed by atoms with Crippen molar-refractivity contribution in [3.05, 3.63) is 69.5 Å². The van der Waals surface area contributed by atoms with Gasteiger partial charge in [0.2, 0.25) is 5.89 Å². The number of aromatic nitrogens is 2.